The fraction of sp³-hybridized carbons (Fsp3) is 0.444. The summed E-state index contributed by atoms with van der Waals surface area (Å²) in [6.07, 6.45) is 0.637. The second-order valence-corrected chi connectivity index (χ2v) is 7.21. The first kappa shape index (κ1) is 14.3. The number of allylic oxidation sites excluding steroid dienone is 2. The standard InChI is InChI=1S/C18H14F3NO2/c19-18(20,21)8-2-1-3-9(6-8)22-16(23)14-10-4-5-11(13-7-12(10)13)15(14)17(22)24/h1-6,10-15H,7H2/t10-,11-,12-,13-,14-,15+/m1/s1. The van der Waals surface area contributed by atoms with Crippen LogP contribution in [-0.2, 0) is 15.8 Å². The van der Waals surface area contributed by atoms with Crippen molar-refractivity contribution in [2.45, 2.75) is 12.6 Å². The van der Waals surface area contributed by atoms with E-state index in [4.69, 9.17) is 0 Å². The summed E-state index contributed by atoms with van der Waals surface area (Å²) in [5, 5.41) is 0. The quantitative estimate of drug-likeness (QED) is 0.584. The molecule has 0 N–H and O–H groups in total. The van der Waals surface area contributed by atoms with Crippen LogP contribution in [0.2, 0.25) is 0 Å². The molecule has 1 saturated heterocycles. The SMILES string of the molecule is O=C1[C@@H]2[C@@H]3C=C[C@H]([C@H]4C[C@H]34)[C@@H]2C(=O)N1c1cccc(C(F)(F)F)c1. The van der Waals surface area contributed by atoms with Crippen molar-refractivity contribution in [3.63, 3.8) is 0 Å². The van der Waals surface area contributed by atoms with E-state index in [0.717, 1.165) is 23.5 Å². The van der Waals surface area contributed by atoms with Crippen molar-refractivity contribution >= 4 is 17.5 Å². The van der Waals surface area contributed by atoms with Gasteiger partial charge in [-0.3, -0.25) is 14.5 Å². The number of amides is 2. The topological polar surface area (TPSA) is 37.4 Å². The van der Waals surface area contributed by atoms with Crippen molar-refractivity contribution < 1.29 is 22.8 Å². The second-order valence-electron chi connectivity index (χ2n) is 7.21. The zero-order valence-electron chi connectivity index (χ0n) is 12.5. The maximum Gasteiger partial charge on any atom is 0.416 e. The van der Waals surface area contributed by atoms with Gasteiger partial charge < -0.3 is 0 Å². The van der Waals surface area contributed by atoms with Crippen molar-refractivity contribution in [2.75, 3.05) is 4.90 Å². The van der Waals surface area contributed by atoms with Crippen LogP contribution in [0.3, 0.4) is 0 Å². The molecular weight excluding hydrogens is 319 g/mol. The number of carbonyl (C=O) groups is 2. The fourth-order valence-electron chi connectivity index (χ4n) is 5.03. The Morgan fingerprint density at radius 3 is 2.08 bits per heavy atom. The Hall–Kier alpha value is -2.11. The number of benzene rings is 1. The highest BCUT2D eigenvalue weighted by Crippen LogP contribution is 2.65. The molecule has 6 atom stereocenters. The molecule has 2 bridgehead atoms. The van der Waals surface area contributed by atoms with Gasteiger partial charge in [0, 0.05) is 0 Å². The molecule has 6 heteroatoms. The minimum Gasteiger partial charge on any atom is -0.274 e. The Morgan fingerprint density at radius 1 is 0.958 bits per heavy atom. The summed E-state index contributed by atoms with van der Waals surface area (Å²) in [6, 6.07) is 4.48. The van der Waals surface area contributed by atoms with Crippen LogP contribution in [0.4, 0.5) is 18.9 Å². The van der Waals surface area contributed by atoms with Gasteiger partial charge in [0.05, 0.1) is 23.1 Å². The molecule has 2 amide bonds. The summed E-state index contributed by atoms with van der Waals surface area (Å²) in [6.45, 7) is 0. The second kappa shape index (κ2) is 4.29. The van der Waals surface area contributed by atoms with Gasteiger partial charge in [0.15, 0.2) is 0 Å². The summed E-state index contributed by atoms with van der Waals surface area (Å²) in [5.41, 5.74) is -0.818. The molecule has 6 rings (SSSR count). The van der Waals surface area contributed by atoms with Crippen LogP contribution in [-0.4, -0.2) is 11.8 Å². The van der Waals surface area contributed by atoms with Crippen molar-refractivity contribution in [1.82, 2.24) is 0 Å². The highest BCUT2D eigenvalue weighted by Gasteiger charge is 2.67. The molecule has 24 heavy (non-hydrogen) atoms. The van der Waals surface area contributed by atoms with Gasteiger partial charge >= 0.3 is 6.18 Å². The van der Waals surface area contributed by atoms with Gasteiger partial charge in [0.2, 0.25) is 11.8 Å². The molecule has 4 aliphatic carbocycles. The van der Waals surface area contributed by atoms with Gasteiger partial charge in [0.25, 0.3) is 0 Å². The van der Waals surface area contributed by atoms with Crippen LogP contribution in [0, 0.1) is 35.5 Å². The average Bonchev–Trinajstić information content (AvgIpc) is 3.31. The highest BCUT2D eigenvalue weighted by molar-refractivity contribution is 6.22. The molecule has 2 saturated carbocycles. The summed E-state index contributed by atoms with van der Waals surface area (Å²) >= 11 is 0. The average molecular weight is 333 g/mol. The van der Waals surface area contributed by atoms with E-state index in [0.29, 0.717) is 11.8 Å². The molecular formula is C18H14F3NO2. The van der Waals surface area contributed by atoms with Crippen molar-refractivity contribution in [3.05, 3.63) is 42.0 Å². The summed E-state index contributed by atoms with van der Waals surface area (Å²) in [5.74, 6) is -0.395. The third-order valence-corrected chi connectivity index (χ3v) is 6.09. The van der Waals surface area contributed by atoms with Gasteiger partial charge in [-0.25, -0.2) is 0 Å². The lowest BCUT2D eigenvalue weighted by Gasteiger charge is -2.37. The molecule has 0 radical (unpaired) electrons. The number of carbonyl (C=O) groups excluding carboxylic acids is 2. The van der Waals surface area contributed by atoms with Crippen LogP contribution in [0.1, 0.15) is 12.0 Å². The van der Waals surface area contributed by atoms with E-state index >= 15 is 0 Å². The van der Waals surface area contributed by atoms with Gasteiger partial charge in [-0.05, 0) is 48.3 Å². The van der Waals surface area contributed by atoms with E-state index in [1.165, 1.54) is 12.1 Å². The first-order valence-electron chi connectivity index (χ1n) is 8.11. The van der Waals surface area contributed by atoms with E-state index in [-0.39, 0.29) is 29.3 Å². The lowest BCUT2D eigenvalue weighted by atomic mass is 9.63. The van der Waals surface area contributed by atoms with Gasteiger partial charge in [-0.1, -0.05) is 18.2 Å². The number of imide groups is 1. The Kier molecular flexibility index (Phi) is 2.55. The minimum absolute atomic E-state index is 0.0299. The molecule has 1 aliphatic heterocycles. The molecule has 5 aliphatic rings. The van der Waals surface area contributed by atoms with Crippen molar-refractivity contribution in [2.24, 2.45) is 35.5 Å². The Labute approximate surface area is 136 Å². The van der Waals surface area contributed by atoms with Crippen molar-refractivity contribution in [3.8, 4) is 0 Å². The number of hydrogen-bond donors (Lipinski definition) is 0. The third-order valence-electron chi connectivity index (χ3n) is 6.09. The number of alkyl halides is 3. The number of anilines is 1. The molecule has 1 aromatic rings. The lowest BCUT2D eigenvalue weighted by molar-refractivity contribution is -0.137. The zero-order valence-corrected chi connectivity index (χ0v) is 12.5. The number of halogens is 3. The maximum atomic E-state index is 12.9. The smallest absolute Gasteiger partial charge is 0.274 e. The summed E-state index contributed by atoms with van der Waals surface area (Å²) < 4.78 is 38.8. The van der Waals surface area contributed by atoms with Crippen molar-refractivity contribution in [1.29, 1.82) is 0 Å². The van der Waals surface area contributed by atoms with E-state index in [2.05, 4.69) is 0 Å². The molecule has 0 unspecified atom stereocenters. The van der Waals surface area contributed by atoms with E-state index in [1.807, 2.05) is 12.2 Å². The van der Waals surface area contributed by atoms with Crippen LogP contribution >= 0.6 is 0 Å². The molecule has 0 spiro atoms. The summed E-state index contributed by atoms with van der Waals surface area (Å²) in [4.78, 5) is 26.7. The maximum absolute atomic E-state index is 12.9. The molecule has 0 aromatic heterocycles. The van der Waals surface area contributed by atoms with Crippen LogP contribution < -0.4 is 4.90 Å². The predicted octanol–water partition coefficient (Wildman–Crippen LogP) is 3.26. The minimum atomic E-state index is -4.50. The Morgan fingerprint density at radius 2 is 1.54 bits per heavy atom. The van der Waals surface area contributed by atoms with E-state index in [1.54, 1.807) is 0 Å². The largest absolute Gasteiger partial charge is 0.416 e. The molecule has 3 fully saturated rings. The fourth-order valence-corrected chi connectivity index (χ4v) is 5.03. The number of nitrogens with zero attached hydrogens (tertiary/aromatic N) is 1. The summed E-state index contributed by atoms with van der Waals surface area (Å²) in [7, 11) is 0. The van der Waals surface area contributed by atoms with E-state index < -0.39 is 23.6 Å². The Bertz CT molecular complexity index is 764. The normalized spacial score (nSPS) is 39.2. The van der Waals surface area contributed by atoms with Gasteiger partial charge in [-0.15, -0.1) is 0 Å². The first-order chi connectivity index (χ1) is 11.4. The number of hydrogen-bond acceptors (Lipinski definition) is 2. The van der Waals surface area contributed by atoms with Crippen LogP contribution in [0.15, 0.2) is 36.4 Å². The Balaban J connectivity index is 1.55. The zero-order chi connectivity index (χ0) is 16.8. The number of rotatable bonds is 1. The van der Waals surface area contributed by atoms with Crippen LogP contribution in [0.25, 0.3) is 0 Å². The highest BCUT2D eigenvalue weighted by atomic mass is 19.4. The van der Waals surface area contributed by atoms with Gasteiger partial charge in [-0.2, -0.15) is 13.2 Å². The van der Waals surface area contributed by atoms with E-state index in [9.17, 15) is 22.8 Å². The van der Waals surface area contributed by atoms with Gasteiger partial charge in [0.1, 0.15) is 0 Å². The first-order valence-corrected chi connectivity index (χ1v) is 8.11. The predicted molar refractivity (Wildman–Crippen MR) is 78.6 cm³/mol. The lowest BCUT2D eigenvalue weighted by Crippen LogP contribution is -2.40. The molecule has 124 valence electrons. The molecule has 1 aromatic carbocycles. The molecule has 3 nitrogen and oxygen atoms in total. The monoisotopic (exact) mass is 333 g/mol. The molecule has 1 heterocycles. The third kappa shape index (κ3) is 1.69. The van der Waals surface area contributed by atoms with Crippen LogP contribution in [0.5, 0.6) is 0 Å².